The van der Waals surface area contributed by atoms with Gasteiger partial charge in [0.25, 0.3) is 0 Å². The Labute approximate surface area is 163 Å². The van der Waals surface area contributed by atoms with Gasteiger partial charge >= 0.3 is 0 Å². The predicted molar refractivity (Wildman–Crippen MR) is 109 cm³/mol. The van der Waals surface area contributed by atoms with Gasteiger partial charge in [-0.15, -0.1) is 0 Å². The number of phenols is 1. The summed E-state index contributed by atoms with van der Waals surface area (Å²) in [6.07, 6.45) is 0. The first-order valence-electron chi connectivity index (χ1n) is 8.87. The molecule has 1 N–H and O–H groups in total. The third-order valence-electron chi connectivity index (χ3n) is 4.55. The topological polar surface area (TPSA) is 56.5 Å². The molecule has 5 heteroatoms. The molecule has 3 aromatic carbocycles. The maximum Gasteiger partial charge on any atom is 0.135 e. The summed E-state index contributed by atoms with van der Waals surface area (Å²) in [6.45, 7) is 0. The van der Waals surface area contributed by atoms with Gasteiger partial charge in [0.2, 0.25) is 0 Å². The summed E-state index contributed by atoms with van der Waals surface area (Å²) >= 11 is 0. The van der Waals surface area contributed by atoms with Crippen molar-refractivity contribution in [2.24, 2.45) is 0 Å². The van der Waals surface area contributed by atoms with Crippen LogP contribution in [-0.2, 0) is 0 Å². The van der Waals surface area contributed by atoms with E-state index in [-0.39, 0.29) is 5.75 Å². The minimum Gasteiger partial charge on any atom is -0.507 e. The van der Waals surface area contributed by atoms with Gasteiger partial charge in [0.05, 0.1) is 31.2 Å². The first kappa shape index (κ1) is 17.7. The quantitative estimate of drug-likeness (QED) is 0.540. The van der Waals surface area contributed by atoms with Crippen molar-refractivity contribution < 1.29 is 14.6 Å². The zero-order valence-corrected chi connectivity index (χ0v) is 15.7. The summed E-state index contributed by atoms with van der Waals surface area (Å²) < 4.78 is 12.6. The SMILES string of the molecule is COc1cc(O)c(-c2cc(-c3ccccc3)n(-c3ccccc3)n2)c(OC)c1. The van der Waals surface area contributed by atoms with Crippen LogP contribution in [0.15, 0.2) is 78.9 Å². The number of para-hydroxylation sites is 1. The summed E-state index contributed by atoms with van der Waals surface area (Å²) in [5, 5.41) is 15.4. The average Bonchev–Trinajstić information content (AvgIpc) is 3.19. The molecule has 1 heterocycles. The highest BCUT2D eigenvalue weighted by molar-refractivity contribution is 5.79. The van der Waals surface area contributed by atoms with E-state index in [9.17, 15) is 5.11 Å². The molecule has 28 heavy (non-hydrogen) atoms. The maximum absolute atomic E-state index is 10.6. The molecule has 5 nitrogen and oxygen atoms in total. The Kier molecular flexibility index (Phi) is 4.72. The van der Waals surface area contributed by atoms with E-state index in [0.29, 0.717) is 22.8 Å². The van der Waals surface area contributed by atoms with Crippen molar-refractivity contribution in [3.05, 3.63) is 78.9 Å². The van der Waals surface area contributed by atoms with E-state index >= 15 is 0 Å². The Hall–Kier alpha value is -3.73. The molecule has 0 saturated carbocycles. The van der Waals surface area contributed by atoms with Crippen LogP contribution in [0.25, 0.3) is 28.2 Å². The molecule has 4 aromatic rings. The van der Waals surface area contributed by atoms with Gasteiger partial charge in [-0.25, -0.2) is 4.68 Å². The van der Waals surface area contributed by atoms with Crippen LogP contribution in [0.2, 0.25) is 0 Å². The molecule has 0 aliphatic rings. The van der Waals surface area contributed by atoms with Crippen molar-refractivity contribution in [2.75, 3.05) is 14.2 Å². The van der Waals surface area contributed by atoms with E-state index in [1.165, 1.54) is 0 Å². The molecule has 0 atom stereocenters. The fourth-order valence-electron chi connectivity index (χ4n) is 3.20. The van der Waals surface area contributed by atoms with E-state index < -0.39 is 0 Å². The number of phenolic OH excluding ortho intramolecular Hbond substituents is 1. The van der Waals surface area contributed by atoms with Gasteiger partial charge in [0.1, 0.15) is 22.9 Å². The smallest absolute Gasteiger partial charge is 0.135 e. The first-order valence-corrected chi connectivity index (χ1v) is 8.87. The number of nitrogens with zero attached hydrogens (tertiary/aromatic N) is 2. The van der Waals surface area contributed by atoms with Gasteiger partial charge in [-0.1, -0.05) is 48.5 Å². The summed E-state index contributed by atoms with van der Waals surface area (Å²) in [6, 6.07) is 25.2. The number of benzene rings is 3. The lowest BCUT2D eigenvalue weighted by Gasteiger charge is -2.11. The Morgan fingerprint density at radius 3 is 2.14 bits per heavy atom. The van der Waals surface area contributed by atoms with E-state index in [1.807, 2.05) is 71.4 Å². The van der Waals surface area contributed by atoms with Gasteiger partial charge in [-0.2, -0.15) is 5.10 Å². The minimum absolute atomic E-state index is 0.0496. The molecular formula is C23H20N2O3. The lowest BCUT2D eigenvalue weighted by molar-refractivity contribution is 0.386. The zero-order valence-electron chi connectivity index (χ0n) is 15.7. The largest absolute Gasteiger partial charge is 0.507 e. The molecule has 0 spiro atoms. The molecule has 0 aliphatic heterocycles. The molecule has 0 bridgehead atoms. The van der Waals surface area contributed by atoms with Crippen molar-refractivity contribution in [3.63, 3.8) is 0 Å². The molecule has 0 saturated heterocycles. The van der Waals surface area contributed by atoms with Crippen molar-refractivity contribution in [1.82, 2.24) is 9.78 Å². The molecule has 0 fully saturated rings. The first-order chi connectivity index (χ1) is 13.7. The third-order valence-corrected chi connectivity index (χ3v) is 4.55. The van der Waals surface area contributed by atoms with Gasteiger partial charge in [-0.05, 0) is 18.2 Å². The number of hydrogen-bond donors (Lipinski definition) is 1. The van der Waals surface area contributed by atoms with E-state index in [0.717, 1.165) is 16.9 Å². The number of aromatic hydroxyl groups is 1. The monoisotopic (exact) mass is 372 g/mol. The Morgan fingerprint density at radius 2 is 1.50 bits per heavy atom. The Balaban J connectivity index is 1.95. The second-order valence-electron chi connectivity index (χ2n) is 6.25. The number of ether oxygens (including phenoxy) is 2. The van der Waals surface area contributed by atoms with Crippen LogP contribution in [0.4, 0.5) is 0 Å². The van der Waals surface area contributed by atoms with Crippen LogP contribution in [0, 0.1) is 0 Å². The molecule has 0 radical (unpaired) electrons. The average molecular weight is 372 g/mol. The number of methoxy groups -OCH3 is 2. The van der Waals surface area contributed by atoms with Crippen LogP contribution in [0.3, 0.4) is 0 Å². The normalized spacial score (nSPS) is 10.6. The lowest BCUT2D eigenvalue weighted by Crippen LogP contribution is -1.99. The molecule has 1 aromatic heterocycles. The van der Waals surface area contributed by atoms with Gasteiger partial charge in [0, 0.05) is 17.7 Å². The summed E-state index contributed by atoms with van der Waals surface area (Å²) in [7, 11) is 3.11. The highest BCUT2D eigenvalue weighted by atomic mass is 16.5. The molecule has 0 unspecified atom stereocenters. The molecule has 0 amide bonds. The standard InChI is InChI=1S/C23H20N2O3/c1-27-18-13-21(26)23(22(14-18)28-2)19-15-20(16-9-5-3-6-10-16)25(24-19)17-11-7-4-8-12-17/h3-15,26H,1-2H3. The molecule has 4 rings (SSSR count). The second-order valence-corrected chi connectivity index (χ2v) is 6.25. The van der Waals surface area contributed by atoms with Crippen molar-refractivity contribution in [2.45, 2.75) is 0 Å². The van der Waals surface area contributed by atoms with E-state index in [2.05, 4.69) is 0 Å². The molecule has 0 aliphatic carbocycles. The third kappa shape index (κ3) is 3.18. The Bertz CT molecular complexity index is 1030. The van der Waals surface area contributed by atoms with Crippen LogP contribution < -0.4 is 9.47 Å². The molecular weight excluding hydrogens is 352 g/mol. The lowest BCUT2D eigenvalue weighted by atomic mass is 10.1. The fraction of sp³-hybridized carbons (Fsp3) is 0.0870. The van der Waals surface area contributed by atoms with Crippen molar-refractivity contribution in [3.8, 4) is 45.5 Å². The number of hydrogen-bond acceptors (Lipinski definition) is 4. The summed E-state index contributed by atoms with van der Waals surface area (Å²) in [5.74, 6) is 1.06. The van der Waals surface area contributed by atoms with Gasteiger partial charge < -0.3 is 14.6 Å². The van der Waals surface area contributed by atoms with Gasteiger partial charge in [-0.3, -0.25) is 0 Å². The van der Waals surface area contributed by atoms with Crippen molar-refractivity contribution in [1.29, 1.82) is 0 Å². The molecule has 140 valence electrons. The summed E-state index contributed by atoms with van der Waals surface area (Å²) in [4.78, 5) is 0. The van der Waals surface area contributed by atoms with Gasteiger partial charge in [0.15, 0.2) is 0 Å². The second kappa shape index (κ2) is 7.48. The number of rotatable bonds is 5. The van der Waals surface area contributed by atoms with E-state index in [4.69, 9.17) is 14.6 Å². The van der Waals surface area contributed by atoms with E-state index in [1.54, 1.807) is 26.4 Å². The highest BCUT2D eigenvalue weighted by Crippen LogP contribution is 2.42. The van der Waals surface area contributed by atoms with Crippen LogP contribution in [-0.4, -0.2) is 29.1 Å². The zero-order chi connectivity index (χ0) is 19.5. The van der Waals surface area contributed by atoms with Crippen LogP contribution in [0.5, 0.6) is 17.2 Å². The van der Waals surface area contributed by atoms with Crippen LogP contribution in [0.1, 0.15) is 0 Å². The minimum atomic E-state index is 0.0496. The Morgan fingerprint density at radius 1 is 0.821 bits per heavy atom. The highest BCUT2D eigenvalue weighted by Gasteiger charge is 2.20. The van der Waals surface area contributed by atoms with Crippen molar-refractivity contribution >= 4 is 0 Å². The maximum atomic E-state index is 10.6. The predicted octanol–water partition coefficient (Wildman–Crippen LogP) is 4.93. The number of aromatic nitrogens is 2. The van der Waals surface area contributed by atoms with Crippen LogP contribution >= 0.6 is 0 Å². The fourth-order valence-corrected chi connectivity index (χ4v) is 3.20. The summed E-state index contributed by atoms with van der Waals surface area (Å²) in [5.41, 5.74) is 4.01.